The number of thiazole rings is 1. The Morgan fingerprint density at radius 3 is 2.94 bits per heavy atom. The van der Waals surface area contributed by atoms with Crippen LogP contribution in [0.3, 0.4) is 0 Å². The Labute approximate surface area is 99.7 Å². The molecule has 0 unspecified atom stereocenters. The number of nitrogens with zero attached hydrogens (tertiary/aromatic N) is 4. The second-order valence-electron chi connectivity index (χ2n) is 3.03. The van der Waals surface area contributed by atoms with Crippen molar-refractivity contribution in [3.05, 3.63) is 27.4 Å². The van der Waals surface area contributed by atoms with Crippen LogP contribution in [0.1, 0.15) is 5.69 Å². The van der Waals surface area contributed by atoms with Crippen molar-refractivity contribution in [1.82, 2.24) is 14.5 Å². The number of rotatable bonds is 3. The first-order valence-electron chi connectivity index (χ1n) is 4.30. The minimum atomic E-state index is -0.480. The molecule has 6 nitrogen and oxygen atoms in total. The van der Waals surface area contributed by atoms with Crippen LogP contribution in [0.2, 0.25) is 0 Å². The van der Waals surface area contributed by atoms with Crippen molar-refractivity contribution in [2.24, 2.45) is 7.05 Å². The Balaban J connectivity index is 2.44. The Morgan fingerprint density at radius 1 is 1.69 bits per heavy atom. The summed E-state index contributed by atoms with van der Waals surface area (Å²) < 4.78 is 1.40. The van der Waals surface area contributed by atoms with E-state index in [1.54, 1.807) is 7.05 Å². The van der Waals surface area contributed by atoms with Gasteiger partial charge in [0.1, 0.15) is 6.20 Å². The smallest absolute Gasteiger partial charge is 0.342 e. The molecular formula is C8H7ClN4O2S. The molecule has 0 atom stereocenters. The van der Waals surface area contributed by atoms with E-state index >= 15 is 0 Å². The number of hydrogen-bond donors (Lipinski definition) is 0. The molecule has 0 saturated heterocycles. The highest BCUT2D eigenvalue weighted by Gasteiger charge is 2.20. The summed E-state index contributed by atoms with van der Waals surface area (Å²) in [5, 5.41) is 13.1. The van der Waals surface area contributed by atoms with Gasteiger partial charge in [0.05, 0.1) is 18.6 Å². The van der Waals surface area contributed by atoms with Gasteiger partial charge in [-0.2, -0.15) is 0 Å². The molecule has 0 aromatic carbocycles. The van der Waals surface area contributed by atoms with Crippen LogP contribution < -0.4 is 0 Å². The predicted octanol–water partition coefficient (Wildman–Crippen LogP) is 2.19. The van der Waals surface area contributed by atoms with Crippen LogP contribution in [-0.2, 0) is 12.9 Å². The minimum Gasteiger partial charge on any atom is -0.358 e. The maximum Gasteiger partial charge on any atom is 0.342 e. The van der Waals surface area contributed by atoms with Gasteiger partial charge in [-0.25, -0.2) is 14.5 Å². The normalized spacial score (nSPS) is 10.6. The number of halogens is 1. The van der Waals surface area contributed by atoms with Crippen LogP contribution in [-0.4, -0.2) is 19.5 Å². The molecule has 0 saturated carbocycles. The van der Waals surface area contributed by atoms with Gasteiger partial charge in [0.25, 0.3) is 5.82 Å². The summed E-state index contributed by atoms with van der Waals surface area (Å²) in [5.41, 5.74) is 0.743. The van der Waals surface area contributed by atoms with E-state index in [4.69, 9.17) is 11.6 Å². The second kappa shape index (κ2) is 4.18. The van der Waals surface area contributed by atoms with Gasteiger partial charge in [-0.1, -0.05) is 0 Å². The fraction of sp³-hybridized carbons (Fsp3) is 0.250. The molecular weight excluding hydrogens is 252 g/mol. The predicted molar refractivity (Wildman–Crippen MR) is 60.5 cm³/mol. The molecule has 0 aliphatic heterocycles. The first-order chi connectivity index (χ1) is 7.63. The molecule has 2 aromatic rings. The summed E-state index contributed by atoms with van der Waals surface area (Å²) in [6, 6.07) is 0. The van der Waals surface area contributed by atoms with Gasteiger partial charge in [0.2, 0.25) is 0 Å². The average Bonchev–Trinajstić information content (AvgIpc) is 2.83. The Morgan fingerprint density at radius 2 is 2.44 bits per heavy atom. The van der Waals surface area contributed by atoms with E-state index in [-0.39, 0.29) is 5.82 Å². The maximum absolute atomic E-state index is 10.6. The first-order valence-corrected chi connectivity index (χ1v) is 5.71. The van der Waals surface area contributed by atoms with Crippen molar-refractivity contribution >= 4 is 28.8 Å². The Bertz CT molecular complexity index is 536. The summed E-state index contributed by atoms with van der Waals surface area (Å²) in [6.07, 6.45) is 1.22. The van der Waals surface area contributed by atoms with Crippen LogP contribution >= 0.6 is 22.9 Å². The third kappa shape index (κ3) is 1.79. The molecule has 0 spiro atoms. The fourth-order valence-electron chi connectivity index (χ4n) is 1.24. The van der Waals surface area contributed by atoms with Crippen molar-refractivity contribution in [3.63, 3.8) is 0 Å². The van der Waals surface area contributed by atoms with Crippen LogP contribution in [0.15, 0.2) is 11.6 Å². The van der Waals surface area contributed by atoms with Gasteiger partial charge in [0.15, 0.2) is 5.01 Å². The molecule has 0 aliphatic rings. The van der Waals surface area contributed by atoms with Gasteiger partial charge in [-0.15, -0.1) is 22.9 Å². The molecule has 2 rings (SSSR count). The fourth-order valence-corrected chi connectivity index (χ4v) is 2.32. The van der Waals surface area contributed by atoms with Gasteiger partial charge < -0.3 is 10.1 Å². The Hall–Kier alpha value is -1.47. The summed E-state index contributed by atoms with van der Waals surface area (Å²) in [4.78, 5) is 18.3. The molecule has 2 heterocycles. The number of alkyl halides is 1. The van der Waals surface area contributed by atoms with E-state index in [2.05, 4.69) is 9.97 Å². The van der Waals surface area contributed by atoms with Crippen molar-refractivity contribution in [3.8, 4) is 10.8 Å². The van der Waals surface area contributed by atoms with Crippen LogP contribution in [0.25, 0.3) is 10.8 Å². The van der Waals surface area contributed by atoms with E-state index in [0.717, 1.165) is 5.69 Å². The van der Waals surface area contributed by atoms with E-state index in [9.17, 15) is 10.1 Å². The second-order valence-corrected chi connectivity index (χ2v) is 4.16. The number of hydrogen-bond acceptors (Lipinski definition) is 5. The van der Waals surface area contributed by atoms with Crippen molar-refractivity contribution in [2.45, 2.75) is 5.88 Å². The van der Waals surface area contributed by atoms with Crippen molar-refractivity contribution in [2.75, 3.05) is 0 Å². The molecule has 0 N–H and O–H groups in total. The lowest BCUT2D eigenvalue weighted by molar-refractivity contribution is -0.391. The molecule has 0 amide bonds. The lowest BCUT2D eigenvalue weighted by Crippen LogP contribution is -1.98. The van der Waals surface area contributed by atoms with Gasteiger partial charge in [-0.05, 0) is 4.92 Å². The number of nitro groups is 1. The largest absolute Gasteiger partial charge is 0.358 e. The summed E-state index contributed by atoms with van der Waals surface area (Å²) in [6.45, 7) is 0. The highest BCUT2D eigenvalue weighted by molar-refractivity contribution is 7.13. The maximum atomic E-state index is 10.6. The average molecular weight is 259 g/mol. The molecule has 84 valence electrons. The third-order valence-corrected chi connectivity index (χ3v) is 3.19. The van der Waals surface area contributed by atoms with Crippen molar-refractivity contribution in [1.29, 1.82) is 0 Å². The number of imidazole rings is 1. The van der Waals surface area contributed by atoms with Gasteiger partial charge in [-0.3, -0.25) is 0 Å². The zero-order chi connectivity index (χ0) is 11.7. The van der Waals surface area contributed by atoms with Crippen LogP contribution in [0, 0.1) is 10.1 Å². The minimum absolute atomic E-state index is 0.0578. The molecule has 0 fully saturated rings. The van der Waals surface area contributed by atoms with E-state index < -0.39 is 4.92 Å². The highest BCUT2D eigenvalue weighted by Crippen LogP contribution is 2.25. The van der Waals surface area contributed by atoms with Gasteiger partial charge in [0, 0.05) is 5.38 Å². The van der Waals surface area contributed by atoms with Crippen LogP contribution in [0.4, 0.5) is 5.82 Å². The highest BCUT2D eigenvalue weighted by atomic mass is 35.5. The van der Waals surface area contributed by atoms with E-state index in [1.165, 1.54) is 22.1 Å². The zero-order valence-corrected chi connectivity index (χ0v) is 9.83. The lowest BCUT2D eigenvalue weighted by atomic mass is 10.5. The monoisotopic (exact) mass is 258 g/mol. The number of aromatic nitrogens is 3. The van der Waals surface area contributed by atoms with Gasteiger partial charge >= 0.3 is 5.82 Å². The third-order valence-electron chi connectivity index (χ3n) is 2.03. The molecule has 0 bridgehead atoms. The SMILES string of the molecule is Cn1c([N+](=O)[O-])cnc1-c1nc(CCl)cs1. The topological polar surface area (TPSA) is 73.8 Å². The Kier molecular flexibility index (Phi) is 2.88. The van der Waals surface area contributed by atoms with Crippen LogP contribution in [0.5, 0.6) is 0 Å². The van der Waals surface area contributed by atoms with Crippen molar-refractivity contribution < 1.29 is 4.92 Å². The van der Waals surface area contributed by atoms with E-state index in [0.29, 0.717) is 16.7 Å². The molecule has 16 heavy (non-hydrogen) atoms. The molecule has 8 heteroatoms. The summed E-state index contributed by atoms with van der Waals surface area (Å²) in [7, 11) is 1.59. The molecule has 2 aromatic heterocycles. The summed E-state index contributed by atoms with van der Waals surface area (Å²) >= 11 is 7.00. The molecule has 0 radical (unpaired) electrons. The summed E-state index contributed by atoms with van der Waals surface area (Å²) in [5.74, 6) is 0.744. The first kappa shape index (κ1) is 11.0. The standard InChI is InChI=1S/C8H7ClN4O2S/c1-12-6(13(14)15)3-10-7(12)8-11-5(2-9)4-16-8/h3-4H,2H2,1H3. The zero-order valence-electron chi connectivity index (χ0n) is 8.25. The van der Waals surface area contributed by atoms with E-state index in [1.807, 2.05) is 5.38 Å². The lowest BCUT2D eigenvalue weighted by Gasteiger charge is -1.94. The molecule has 0 aliphatic carbocycles. The quantitative estimate of drug-likeness (QED) is 0.480.